The first kappa shape index (κ1) is 16.8. The number of carboxylic acid groups (broad SMARTS) is 1. The Morgan fingerprint density at radius 1 is 1.45 bits per heavy atom. The van der Waals surface area contributed by atoms with Gasteiger partial charge in [-0.2, -0.15) is 4.37 Å². The Kier molecular flexibility index (Phi) is 6.31. The molecule has 0 aliphatic carbocycles. The average molecular weight is 303 g/mol. The van der Waals surface area contributed by atoms with Gasteiger partial charge in [0.05, 0.1) is 18.1 Å². The second kappa shape index (κ2) is 7.51. The molecule has 8 heteroatoms. The first-order valence-corrected chi connectivity index (χ1v) is 7.10. The van der Waals surface area contributed by atoms with Crippen LogP contribution >= 0.6 is 11.7 Å². The summed E-state index contributed by atoms with van der Waals surface area (Å²) in [5.41, 5.74) is 0.448. The highest BCUT2D eigenvalue weighted by Crippen LogP contribution is 2.17. The zero-order valence-corrected chi connectivity index (χ0v) is 12.7. The van der Waals surface area contributed by atoms with E-state index in [1.54, 1.807) is 0 Å². The van der Waals surface area contributed by atoms with Crippen molar-refractivity contribution in [2.24, 2.45) is 0 Å². The van der Waals surface area contributed by atoms with Crippen molar-refractivity contribution in [3.05, 3.63) is 5.69 Å². The van der Waals surface area contributed by atoms with Crippen LogP contribution in [0.25, 0.3) is 0 Å². The van der Waals surface area contributed by atoms with Crippen LogP contribution in [0.5, 0.6) is 5.88 Å². The van der Waals surface area contributed by atoms with E-state index < -0.39 is 12.1 Å². The summed E-state index contributed by atoms with van der Waals surface area (Å²) in [5, 5.41) is 21.6. The molecule has 0 bridgehead atoms. The molecule has 1 aromatic rings. The fraction of sp³-hybridized carbons (Fsp3) is 0.750. The minimum Gasteiger partial charge on any atom is -0.481 e. The fourth-order valence-corrected chi connectivity index (χ4v) is 1.89. The van der Waals surface area contributed by atoms with Gasteiger partial charge in [0, 0.05) is 18.5 Å². The van der Waals surface area contributed by atoms with Crippen LogP contribution in [0.1, 0.15) is 32.9 Å². The van der Waals surface area contributed by atoms with E-state index in [2.05, 4.69) is 14.1 Å². The van der Waals surface area contributed by atoms with Crippen molar-refractivity contribution in [3.63, 3.8) is 0 Å². The number of aliphatic hydroxyl groups excluding tert-OH is 1. The van der Waals surface area contributed by atoms with Crippen molar-refractivity contribution >= 4 is 17.7 Å². The van der Waals surface area contributed by atoms with Crippen molar-refractivity contribution in [2.75, 3.05) is 13.2 Å². The normalized spacial score (nSPS) is 13.2. The maximum absolute atomic E-state index is 10.5. The van der Waals surface area contributed by atoms with E-state index in [1.807, 2.05) is 20.8 Å². The minimum absolute atomic E-state index is 0.0179. The molecule has 114 valence electrons. The van der Waals surface area contributed by atoms with Gasteiger partial charge in [-0.05, 0) is 20.8 Å². The van der Waals surface area contributed by atoms with E-state index in [4.69, 9.17) is 9.84 Å². The molecule has 20 heavy (non-hydrogen) atoms. The lowest BCUT2D eigenvalue weighted by Crippen LogP contribution is -2.42. The van der Waals surface area contributed by atoms with Gasteiger partial charge in [0.1, 0.15) is 18.4 Å². The molecule has 0 fully saturated rings. The first-order valence-electron chi connectivity index (χ1n) is 6.37. The van der Waals surface area contributed by atoms with E-state index in [9.17, 15) is 9.90 Å². The van der Waals surface area contributed by atoms with Crippen LogP contribution in [0.4, 0.5) is 0 Å². The van der Waals surface area contributed by atoms with E-state index in [1.165, 1.54) is 0 Å². The number of carbonyl (C=O) groups is 1. The van der Waals surface area contributed by atoms with Gasteiger partial charge in [-0.25, -0.2) is 0 Å². The number of β-amino-alcohol motifs (C(OH)–C–C–N with tert-alkyl or cyclic N) is 1. The van der Waals surface area contributed by atoms with Crippen LogP contribution in [0.2, 0.25) is 0 Å². The number of nitrogens with one attached hydrogen (secondary N) is 1. The van der Waals surface area contributed by atoms with Gasteiger partial charge in [0.15, 0.2) is 0 Å². The largest absolute Gasteiger partial charge is 0.481 e. The molecule has 1 rings (SSSR count). The lowest BCUT2D eigenvalue weighted by molar-refractivity contribution is -0.136. The van der Waals surface area contributed by atoms with Crippen molar-refractivity contribution in [1.82, 2.24) is 14.1 Å². The van der Waals surface area contributed by atoms with E-state index in [0.717, 1.165) is 11.7 Å². The summed E-state index contributed by atoms with van der Waals surface area (Å²) in [6.07, 6.45) is -0.406. The number of aliphatic carboxylic acids is 1. The summed E-state index contributed by atoms with van der Waals surface area (Å²) in [5.74, 6) is -0.579. The number of aryl methyl sites for hydroxylation is 1. The van der Waals surface area contributed by atoms with E-state index >= 15 is 0 Å². The lowest BCUT2D eigenvalue weighted by atomic mass is 10.1. The molecule has 0 saturated heterocycles. The Balaban J connectivity index is 2.38. The molecule has 0 aromatic carbocycles. The maximum atomic E-state index is 10.5. The smallest absolute Gasteiger partial charge is 0.303 e. The quantitative estimate of drug-likeness (QED) is 0.648. The topological polar surface area (TPSA) is 105 Å². The number of rotatable bonds is 8. The number of ether oxygens (including phenoxy) is 1. The molecule has 0 aliphatic rings. The third kappa shape index (κ3) is 6.78. The Morgan fingerprint density at radius 3 is 2.75 bits per heavy atom. The average Bonchev–Trinajstić information content (AvgIpc) is 2.77. The number of hydrogen-bond acceptors (Lipinski definition) is 7. The third-order valence-electron chi connectivity index (χ3n) is 2.38. The predicted molar refractivity (Wildman–Crippen MR) is 75.1 cm³/mol. The molecule has 0 amide bonds. The molecule has 0 saturated carbocycles. The number of aromatic nitrogens is 2. The van der Waals surface area contributed by atoms with Gasteiger partial charge in [-0.15, -0.1) is 4.37 Å². The number of hydrogen-bond donors (Lipinski definition) is 3. The lowest BCUT2D eigenvalue weighted by Gasteiger charge is -2.22. The zero-order chi connectivity index (χ0) is 15.2. The zero-order valence-electron chi connectivity index (χ0n) is 11.9. The molecule has 0 radical (unpaired) electrons. The molecule has 1 atom stereocenters. The van der Waals surface area contributed by atoms with Crippen molar-refractivity contribution in [1.29, 1.82) is 0 Å². The second-order valence-electron chi connectivity index (χ2n) is 5.51. The van der Waals surface area contributed by atoms with Crippen molar-refractivity contribution in [3.8, 4) is 5.88 Å². The highest BCUT2D eigenvalue weighted by atomic mass is 32.1. The van der Waals surface area contributed by atoms with Gasteiger partial charge < -0.3 is 20.3 Å². The number of nitrogens with zero attached hydrogens (tertiary/aromatic N) is 2. The van der Waals surface area contributed by atoms with Crippen molar-refractivity contribution in [2.45, 2.75) is 45.3 Å². The molecule has 1 aromatic heterocycles. The minimum atomic E-state index is -0.890. The molecular weight excluding hydrogens is 282 g/mol. The van der Waals surface area contributed by atoms with Gasteiger partial charge in [-0.3, -0.25) is 4.79 Å². The number of carboxylic acids is 1. The molecule has 3 N–H and O–H groups in total. The summed E-state index contributed by atoms with van der Waals surface area (Å²) in [6.45, 7) is 6.53. The SMILES string of the molecule is CC(C)(C)NCC(O)COc1nsnc1CCC(=O)O. The Hall–Kier alpha value is -1.25. The second-order valence-corrected chi connectivity index (χ2v) is 6.03. The van der Waals surface area contributed by atoms with Gasteiger partial charge >= 0.3 is 5.97 Å². The van der Waals surface area contributed by atoms with E-state index in [-0.39, 0.29) is 25.0 Å². The summed E-state index contributed by atoms with van der Waals surface area (Å²) >= 11 is 0.972. The summed E-state index contributed by atoms with van der Waals surface area (Å²) < 4.78 is 13.3. The van der Waals surface area contributed by atoms with Crippen LogP contribution in [-0.2, 0) is 11.2 Å². The standard InChI is InChI=1S/C12H21N3O4S/c1-12(2,3)13-6-8(16)7-19-11-9(14-20-15-11)4-5-10(17)18/h8,13,16H,4-7H2,1-3H3,(H,17,18). The van der Waals surface area contributed by atoms with Crippen LogP contribution in [0.15, 0.2) is 0 Å². The predicted octanol–water partition coefficient (Wildman–Crippen LogP) is 0.683. The van der Waals surface area contributed by atoms with Gasteiger partial charge in [-0.1, -0.05) is 0 Å². The Morgan fingerprint density at radius 2 is 2.15 bits per heavy atom. The van der Waals surface area contributed by atoms with Gasteiger partial charge in [0.25, 0.3) is 0 Å². The Bertz CT molecular complexity index is 431. The molecule has 1 heterocycles. The number of aliphatic hydroxyl groups is 1. The summed E-state index contributed by atoms with van der Waals surface area (Å²) in [7, 11) is 0. The third-order valence-corrected chi connectivity index (χ3v) is 2.93. The summed E-state index contributed by atoms with van der Waals surface area (Å²) in [6, 6.07) is 0. The molecule has 0 spiro atoms. The molecular formula is C12H21N3O4S. The van der Waals surface area contributed by atoms with Crippen molar-refractivity contribution < 1.29 is 19.7 Å². The Labute approximate surface area is 122 Å². The molecule has 7 nitrogen and oxygen atoms in total. The highest BCUT2D eigenvalue weighted by molar-refractivity contribution is 6.99. The molecule has 1 unspecified atom stereocenters. The molecule has 0 aliphatic heterocycles. The maximum Gasteiger partial charge on any atom is 0.303 e. The van der Waals surface area contributed by atoms with Crippen LogP contribution in [-0.4, -0.2) is 49.7 Å². The summed E-state index contributed by atoms with van der Waals surface area (Å²) in [4.78, 5) is 10.5. The van der Waals surface area contributed by atoms with Gasteiger partial charge in [0.2, 0.25) is 5.88 Å². The fourth-order valence-electron chi connectivity index (χ4n) is 1.34. The van der Waals surface area contributed by atoms with Crippen LogP contribution in [0.3, 0.4) is 0 Å². The highest BCUT2D eigenvalue weighted by Gasteiger charge is 2.15. The first-order chi connectivity index (χ1) is 9.28. The van der Waals surface area contributed by atoms with Crippen LogP contribution in [0, 0.1) is 0 Å². The monoisotopic (exact) mass is 303 g/mol. The van der Waals surface area contributed by atoms with E-state index in [0.29, 0.717) is 18.1 Å². The van der Waals surface area contributed by atoms with Crippen LogP contribution < -0.4 is 10.1 Å².